The lowest BCUT2D eigenvalue weighted by Crippen LogP contribution is -2.28. The normalized spacial score (nSPS) is 15.3. The molecule has 1 aliphatic heterocycles. The molecule has 178 valence electrons. The van der Waals surface area contributed by atoms with Crippen molar-refractivity contribution in [3.8, 4) is 17.1 Å². The van der Waals surface area contributed by atoms with Crippen LogP contribution in [0.5, 0.6) is 5.75 Å². The zero-order chi connectivity index (χ0) is 24.4. The van der Waals surface area contributed by atoms with Gasteiger partial charge in [-0.05, 0) is 36.2 Å². The fourth-order valence-electron chi connectivity index (χ4n) is 4.12. The van der Waals surface area contributed by atoms with Gasteiger partial charge in [-0.25, -0.2) is 5.01 Å². The third-order valence-corrected chi connectivity index (χ3v) is 7.04. The Balaban J connectivity index is 1.37. The Morgan fingerprint density at radius 3 is 2.57 bits per heavy atom. The van der Waals surface area contributed by atoms with Crippen molar-refractivity contribution >= 4 is 23.4 Å². The highest BCUT2D eigenvalue weighted by atomic mass is 32.2. The van der Waals surface area contributed by atoms with Gasteiger partial charge in [0.25, 0.3) is 5.91 Å². The smallest absolute Gasteiger partial charge is 0.253 e. The fraction of sp³-hybridized carbons (Fsp3) is 0.231. The summed E-state index contributed by atoms with van der Waals surface area (Å²) in [5, 5.41) is 15.6. The number of methoxy groups -OCH3 is 1. The van der Waals surface area contributed by atoms with E-state index in [-0.39, 0.29) is 17.7 Å². The number of thioether (sulfide) groups is 1. The second-order valence-electron chi connectivity index (χ2n) is 8.19. The van der Waals surface area contributed by atoms with Gasteiger partial charge >= 0.3 is 0 Å². The summed E-state index contributed by atoms with van der Waals surface area (Å²) >= 11 is 1.34. The summed E-state index contributed by atoms with van der Waals surface area (Å²) in [6.07, 6.45) is 2.27. The van der Waals surface area contributed by atoms with Gasteiger partial charge < -0.3 is 13.7 Å². The van der Waals surface area contributed by atoms with E-state index in [0.29, 0.717) is 17.4 Å². The first kappa shape index (κ1) is 22.9. The number of carbonyl (C=O) groups is 1. The minimum atomic E-state index is -0.187. The Bertz CT molecular complexity index is 1360. The number of ether oxygens (including phenoxy) is 1. The van der Waals surface area contributed by atoms with Crippen LogP contribution in [0, 0.1) is 6.92 Å². The molecule has 5 rings (SSSR count). The van der Waals surface area contributed by atoms with Gasteiger partial charge in [-0.2, -0.15) is 5.10 Å². The van der Waals surface area contributed by atoms with Crippen molar-refractivity contribution in [3.05, 3.63) is 83.8 Å². The van der Waals surface area contributed by atoms with E-state index in [2.05, 4.69) is 10.2 Å². The van der Waals surface area contributed by atoms with Crippen LogP contribution in [0.4, 0.5) is 0 Å². The molecule has 0 radical (unpaired) electrons. The maximum atomic E-state index is 13.4. The molecule has 2 aromatic heterocycles. The molecular formula is C26H25N5O3S. The molecule has 0 unspecified atom stereocenters. The van der Waals surface area contributed by atoms with Gasteiger partial charge in [0, 0.05) is 13.5 Å². The summed E-state index contributed by atoms with van der Waals surface area (Å²) in [6.45, 7) is 1.88. The molecule has 9 heteroatoms. The lowest BCUT2D eigenvalue weighted by Gasteiger charge is -2.22. The minimum absolute atomic E-state index is 0.0919. The molecule has 2 aromatic carbocycles. The molecule has 0 N–H and O–H groups in total. The molecular weight excluding hydrogens is 462 g/mol. The second-order valence-corrected chi connectivity index (χ2v) is 9.13. The van der Waals surface area contributed by atoms with Crippen molar-refractivity contribution in [2.45, 2.75) is 24.5 Å². The summed E-state index contributed by atoms with van der Waals surface area (Å²) in [4.78, 5) is 13.4. The minimum Gasteiger partial charge on any atom is -0.497 e. The maximum absolute atomic E-state index is 13.4. The molecule has 0 saturated heterocycles. The van der Waals surface area contributed by atoms with Gasteiger partial charge in [-0.3, -0.25) is 4.79 Å². The van der Waals surface area contributed by atoms with Gasteiger partial charge in [0.2, 0.25) is 0 Å². The highest BCUT2D eigenvalue weighted by molar-refractivity contribution is 7.99. The predicted molar refractivity (Wildman–Crippen MR) is 134 cm³/mol. The van der Waals surface area contributed by atoms with Crippen molar-refractivity contribution in [1.82, 2.24) is 19.8 Å². The number of benzene rings is 2. The first-order valence-corrected chi connectivity index (χ1v) is 12.2. The summed E-state index contributed by atoms with van der Waals surface area (Å²) in [5.74, 6) is 2.35. The Hall–Kier alpha value is -3.85. The van der Waals surface area contributed by atoms with Crippen molar-refractivity contribution in [2.75, 3.05) is 12.9 Å². The highest BCUT2D eigenvalue weighted by Gasteiger charge is 2.33. The molecule has 1 atom stereocenters. The summed E-state index contributed by atoms with van der Waals surface area (Å²) in [5.41, 5.74) is 3.80. The first-order valence-electron chi connectivity index (χ1n) is 11.2. The van der Waals surface area contributed by atoms with E-state index in [9.17, 15) is 4.79 Å². The molecule has 0 fully saturated rings. The monoisotopic (exact) mass is 487 g/mol. The van der Waals surface area contributed by atoms with Crippen molar-refractivity contribution in [2.24, 2.45) is 12.1 Å². The Morgan fingerprint density at radius 1 is 1.11 bits per heavy atom. The Morgan fingerprint density at radius 2 is 1.89 bits per heavy atom. The van der Waals surface area contributed by atoms with Crippen LogP contribution >= 0.6 is 11.8 Å². The van der Waals surface area contributed by atoms with Crippen LogP contribution in [0.2, 0.25) is 0 Å². The highest BCUT2D eigenvalue weighted by Crippen LogP contribution is 2.34. The van der Waals surface area contributed by atoms with E-state index in [1.807, 2.05) is 79.2 Å². The molecule has 0 spiro atoms. The second kappa shape index (κ2) is 9.79. The number of carbonyl (C=O) groups excluding carboxylic acids is 1. The number of rotatable bonds is 7. The third kappa shape index (κ3) is 4.59. The molecule has 4 aromatic rings. The van der Waals surface area contributed by atoms with Crippen molar-refractivity contribution in [3.63, 3.8) is 0 Å². The number of nitrogens with zero attached hydrogens (tertiary/aromatic N) is 5. The molecule has 0 bridgehead atoms. The van der Waals surface area contributed by atoms with Crippen molar-refractivity contribution < 1.29 is 13.9 Å². The lowest BCUT2D eigenvalue weighted by molar-refractivity contribution is -0.130. The van der Waals surface area contributed by atoms with Crippen LogP contribution in [0.3, 0.4) is 0 Å². The average molecular weight is 488 g/mol. The zero-order valence-electron chi connectivity index (χ0n) is 19.7. The van der Waals surface area contributed by atoms with Crippen LogP contribution < -0.4 is 4.74 Å². The average Bonchev–Trinajstić information content (AvgIpc) is 3.62. The first-order chi connectivity index (χ1) is 17.0. The van der Waals surface area contributed by atoms with Crippen molar-refractivity contribution in [1.29, 1.82) is 0 Å². The molecule has 35 heavy (non-hydrogen) atoms. The van der Waals surface area contributed by atoms with E-state index >= 15 is 0 Å². The number of aryl methyl sites for hydroxylation is 1. The fourth-order valence-corrected chi connectivity index (χ4v) is 4.88. The van der Waals surface area contributed by atoms with E-state index in [4.69, 9.17) is 14.3 Å². The molecule has 0 saturated carbocycles. The van der Waals surface area contributed by atoms with Crippen LogP contribution in [0.15, 0.2) is 81.6 Å². The molecule has 1 aliphatic rings. The summed E-state index contributed by atoms with van der Waals surface area (Å²) in [7, 11) is 3.52. The van der Waals surface area contributed by atoms with Crippen LogP contribution in [0.1, 0.15) is 29.3 Å². The summed E-state index contributed by atoms with van der Waals surface area (Å²) in [6, 6.07) is 19.4. The third-order valence-electron chi connectivity index (χ3n) is 6.03. The van der Waals surface area contributed by atoms with Gasteiger partial charge in [0.15, 0.2) is 11.0 Å². The standard InChI is InChI=1S/C26H25N5O3S/c1-17-21(13-14-34-17)25-27-28-26(30(25)2)35-16-24(32)31-23(19-9-11-20(33-3)12-10-19)15-22(29-31)18-7-5-4-6-8-18/h4-14,23H,15-16H2,1-3H3/t23-/m0/s1. The number of amides is 1. The topological polar surface area (TPSA) is 85.8 Å². The molecule has 8 nitrogen and oxygen atoms in total. The Kier molecular flexibility index (Phi) is 6.41. The summed E-state index contributed by atoms with van der Waals surface area (Å²) < 4.78 is 12.6. The van der Waals surface area contributed by atoms with Gasteiger partial charge in [0.1, 0.15) is 11.5 Å². The maximum Gasteiger partial charge on any atom is 0.253 e. The lowest BCUT2D eigenvalue weighted by atomic mass is 9.98. The number of hydrogen-bond donors (Lipinski definition) is 0. The molecule has 1 amide bonds. The largest absolute Gasteiger partial charge is 0.497 e. The number of hydrazone groups is 1. The number of furan rings is 1. The number of aromatic nitrogens is 3. The predicted octanol–water partition coefficient (Wildman–Crippen LogP) is 4.86. The number of hydrogen-bond acceptors (Lipinski definition) is 7. The van der Waals surface area contributed by atoms with Crippen LogP contribution in [-0.4, -0.2) is 44.3 Å². The van der Waals surface area contributed by atoms with E-state index in [1.54, 1.807) is 18.4 Å². The van der Waals surface area contributed by atoms with Gasteiger partial charge in [0.05, 0.1) is 36.4 Å². The SMILES string of the molecule is COc1ccc([C@@H]2CC(c3ccccc3)=NN2C(=O)CSc2nnc(-c3ccoc3C)n2C)cc1. The van der Waals surface area contributed by atoms with E-state index in [1.165, 1.54) is 11.8 Å². The van der Waals surface area contributed by atoms with Gasteiger partial charge in [-0.15, -0.1) is 10.2 Å². The quantitative estimate of drug-likeness (QED) is 0.346. The Labute approximate surface area is 207 Å². The zero-order valence-corrected chi connectivity index (χ0v) is 20.5. The van der Waals surface area contributed by atoms with Gasteiger partial charge in [-0.1, -0.05) is 54.2 Å². The van der Waals surface area contributed by atoms with E-state index in [0.717, 1.165) is 33.9 Å². The van der Waals surface area contributed by atoms with E-state index < -0.39 is 0 Å². The molecule has 3 heterocycles. The van der Waals surface area contributed by atoms with Crippen LogP contribution in [0.25, 0.3) is 11.4 Å². The molecule has 0 aliphatic carbocycles. The van der Waals surface area contributed by atoms with Crippen LogP contribution in [-0.2, 0) is 11.8 Å².